The number of carbonyl (C=O) groups is 2. The van der Waals surface area contributed by atoms with Crippen molar-refractivity contribution in [3.8, 4) is 5.75 Å². The first-order valence-corrected chi connectivity index (χ1v) is 12.0. The first-order chi connectivity index (χ1) is 17.6. The van der Waals surface area contributed by atoms with E-state index >= 15 is 0 Å². The van der Waals surface area contributed by atoms with Gasteiger partial charge in [0.15, 0.2) is 11.5 Å². The number of ketones is 1. The predicted molar refractivity (Wildman–Crippen MR) is 134 cm³/mol. The lowest BCUT2D eigenvalue weighted by molar-refractivity contribution is -0.129. The lowest BCUT2D eigenvalue weighted by atomic mass is 9.95. The van der Waals surface area contributed by atoms with E-state index in [-0.39, 0.29) is 11.3 Å². The van der Waals surface area contributed by atoms with Gasteiger partial charge in [-0.05, 0) is 42.7 Å². The Labute approximate surface area is 208 Å². The number of imidazole rings is 1. The number of para-hydroxylation sites is 1. The van der Waals surface area contributed by atoms with Gasteiger partial charge in [0.2, 0.25) is 5.78 Å². The Balaban J connectivity index is 1.48. The number of aliphatic hydroxyl groups is 1. The molecule has 0 saturated heterocycles. The summed E-state index contributed by atoms with van der Waals surface area (Å²) in [4.78, 5) is 32.4. The molecule has 5 rings (SSSR count). The van der Waals surface area contributed by atoms with Crippen LogP contribution < -0.4 is 4.74 Å². The van der Waals surface area contributed by atoms with Crippen LogP contribution in [-0.4, -0.2) is 44.4 Å². The van der Waals surface area contributed by atoms with Crippen LogP contribution in [0.4, 0.5) is 0 Å². The Hall–Kier alpha value is -4.33. The van der Waals surface area contributed by atoms with Crippen LogP contribution >= 0.6 is 0 Å². The van der Waals surface area contributed by atoms with Crippen molar-refractivity contribution in [2.45, 2.75) is 32.4 Å². The second-order valence-electron chi connectivity index (χ2n) is 8.71. The largest absolute Gasteiger partial charge is 0.503 e. The van der Waals surface area contributed by atoms with Crippen LogP contribution in [0.2, 0.25) is 0 Å². The summed E-state index contributed by atoms with van der Waals surface area (Å²) in [5.41, 5.74) is 1.29. The molecule has 8 heteroatoms. The number of ether oxygens (including phenoxy) is 1. The van der Waals surface area contributed by atoms with Gasteiger partial charge in [0.25, 0.3) is 5.91 Å². The molecule has 1 aliphatic rings. The van der Waals surface area contributed by atoms with Gasteiger partial charge in [-0.25, -0.2) is 4.98 Å². The quantitative estimate of drug-likeness (QED) is 0.314. The van der Waals surface area contributed by atoms with Crippen molar-refractivity contribution in [3.05, 3.63) is 96.0 Å². The summed E-state index contributed by atoms with van der Waals surface area (Å²) in [5.74, 6) is -0.838. The maximum Gasteiger partial charge on any atom is 0.290 e. The number of carbonyl (C=O) groups excluding carboxylic acids is 2. The third-order valence-corrected chi connectivity index (χ3v) is 6.24. The van der Waals surface area contributed by atoms with Gasteiger partial charge >= 0.3 is 0 Å². The molecule has 2 aromatic carbocycles. The maximum atomic E-state index is 13.6. The number of aromatic nitrogens is 2. The SMILES string of the molecule is CCCOc1ccc(C2C(C(=O)c3cc4ccccc4o3)=C(O)C(=O)N2CCCn2ccnc2)cc1. The zero-order valence-electron chi connectivity index (χ0n) is 20.0. The predicted octanol–water partition coefficient (Wildman–Crippen LogP) is 5.09. The number of amides is 1. The Morgan fingerprint density at radius 1 is 1.14 bits per heavy atom. The van der Waals surface area contributed by atoms with Gasteiger partial charge in [-0.15, -0.1) is 0 Å². The summed E-state index contributed by atoms with van der Waals surface area (Å²) >= 11 is 0. The molecule has 0 bridgehead atoms. The summed E-state index contributed by atoms with van der Waals surface area (Å²) in [6.45, 7) is 3.62. The van der Waals surface area contributed by atoms with Crippen LogP contribution in [0.15, 0.2) is 89.1 Å². The number of aryl methyl sites for hydroxylation is 1. The van der Waals surface area contributed by atoms with Crippen molar-refractivity contribution in [2.75, 3.05) is 13.2 Å². The van der Waals surface area contributed by atoms with E-state index in [0.29, 0.717) is 43.0 Å². The van der Waals surface area contributed by atoms with Gasteiger partial charge in [-0.2, -0.15) is 0 Å². The fraction of sp³-hybridized carbons (Fsp3) is 0.250. The van der Waals surface area contributed by atoms with E-state index < -0.39 is 23.5 Å². The van der Waals surface area contributed by atoms with Crippen molar-refractivity contribution in [2.24, 2.45) is 0 Å². The number of aliphatic hydroxyl groups excluding tert-OH is 1. The molecular weight excluding hydrogens is 458 g/mol. The molecule has 1 atom stereocenters. The molecule has 4 aromatic rings. The van der Waals surface area contributed by atoms with E-state index in [4.69, 9.17) is 9.15 Å². The number of hydrogen-bond acceptors (Lipinski definition) is 6. The topological polar surface area (TPSA) is 97.8 Å². The highest BCUT2D eigenvalue weighted by atomic mass is 16.5. The third-order valence-electron chi connectivity index (χ3n) is 6.24. The lowest BCUT2D eigenvalue weighted by Gasteiger charge is -2.27. The molecule has 3 heterocycles. The van der Waals surface area contributed by atoms with Crippen molar-refractivity contribution in [3.63, 3.8) is 0 Å². The fourth-order valence-corrected chi connectivity index (χ4v) is 4.50. The van der Waals surface area contributed by atoms with E-state index in [0.717, 1.165) is 11.8 Å². The van der Waals surface area contributed by atoms with Crippen molar-refractivity contribution in [1.29, 1.82) is 0 Å². The number of fused-ring (bicyclic) bond motifs is 1. The molecule has 0 aliphatic carbocycles. The minimum Gasteiger partial charge on any atom is -0.503 e. The van der Waals surface area contributed by atoms with Gasteiger partial charge in [0, 0.05) is 30.9 Å². The summed E-state index contributed by atoms with van der Waals surface area (Å²) in [5, 5.41) is 11.7. The first kappa shape index (κ1) is 23.4. The van der Waals surface area contributed by atoms with Crippen LogP contribution in [0.25, 0.3) is 11.0 Å². The first-order valence-electron chi connectivity index (χ1n) is 12.0. The monoisotopic (exact) mass is 485 g/mol. The van der Waals surface area contributed by atoms with Crippen LogP contribution in [0.3, 0.4) is 0 Å². The normalized spacial score (nSPS) is 15.8. The highest BCUT2D eigenvalue weighted by Gasteiger charge is 2.44. The van der Waals surface area contributed by atoms with E-state index in [1.54, 1.807) is 29.6 Å². The van der Waals surface area contributed by atoms with Gasteiger partial charge in [-0.1, -0.05) is 37.3 Å². The molecule has 184 valence electrons. The number of hydrogen-bond donors (Lipinski definition) is 1. The van der Waals surface area contributed by atoms with E-state index in [1.807, 2.05) is 60.2 Å². The average molecular weight is 486 g/mol. The standard InChI is InChI=1S/C28H27N3O5/c1-2-16-35-21-10-8-19(9-11-21)25-24(26(32)23-17-20-6-3-4-7-22(20)36-23)27(33)28(34)31(25)14-5-13-30-15-12-29-18-30/h3-4,6-12,15,17-18,25,33H,2,5,13-14,16H2,1H3. The average Bonchev–Trinajstić information content (AvgIpc) is 3.63. The molecule has 8 nitrogen and oxygen atoms in total. The fourth-order valence-electron chi connectivity index (χ4n) is 4.50. The van der Waals surface area contributed by atoms with Crippen molar-refractivity contribution >= 4 is 22.7 Å². The summed E-state index contributed by atoms with van der Waals surface area (Å²) in [7, 11) is 0. The lowest BCUT2D eigenvalue weighted by Crippen LogP contribution is -2.32. The van der Waals surface area contributed by atoms with E-state index in [2.05, 4.69) is 4.98 Å². The number of Topliss-reactive ketones (excluding diaryl/α,β-unsaturated/α-hetero) is 1. The Kier molecular flexibility index (Phi) is 6.58. The van der Waals surface area contributed by atoms with Crippen LogP contribution in [0.5, 0.6) is 5.75 Å². The molecule has 1 unspecified atom stereocenters. The molecule has 36 heavy (non-hydrogen) atoms. The second-order valence-corrected chi connectivity index (χ2v) is 8.71. The smallest absolute Gasteiger partial charge is 0.290 e. The number of rotatable bonds is 10. The highest BCUT2D eigenvalue weighted by molar-refractivity contribution is 6.16. The Morgan fingerprint density at radius 2 is 1.94 bits per heavy atom. The third kappa shape index (κ3) is 4.49. The van der Waals surface area contributed by atoms with Crippen molar-refractivity contribution in [1.82, 2.24) is 14.5 Å². The summed E-state index contributed by atoms with van der Waals surface area (Å²) < 4.78 is 13.4. The Morgan fingerprint density at radius 3 is 2.67 bits per heavy atom. The van der Waals surface area contributed by atoms with E-state index in [9.17, 15) is 14.7 Å². The number of furan rings is 1. The molecule has 2 aromatic heterocycles. The molecule has 1 amide bonds. The minimum absolute atomic E-state index is 0.0175. The number of nitrogens with zero attached hydrogens (tertiary/aromatic N) is 3. The molecular formula is C28H27N3O5. The Bertz CT molecular complexity index is 1370. The molecule has 0 spiro atoms. The summed E-state index contributed by atoms with van der Waals surface area (Å²) in [6.07, 6.45) is 6.77. The number of benzene rings is 2. The highest BCUT2D eigenvalue weighted by Crippen LogP contribution is 2.40. The maximum absolute atomic E-state index is 13.6. The van der Waals surface area contributed by atoms with E-state index in [1.165, 1.54) is 0 Å². The summed E-state index contributed by atoms with van der Waals surface area (Å²) in [6, 6.07) is 15.5. The molecule has 1 aliphatic heterocycles. The molecule has 0 radical (unpaired) electrons. The zero-order chi connectivity index (χ0) is 25.1. The van der Waals surface area contributed by atoms with Gasteiger partial charge in [0.05, 0.1) is 24.5 Å². The minimum atomic E-state index is -0.749. The van der Waals surface area contributed by atoms with Crippen LogP contribution in [-0.2, 0) is 11.3 Å². The van der Waals surface area contributed by atoms with Crippen LogP contribution in [0.1, 0.15) is 41.9 Å². The molecule has 0 fully saturated rings. The molecule has 0 saturated carbocycles. The van der Waals surface area contributed by atoms with Crippen LogP contribution in [0, 0.1) is 0 Å². The zero-order valence-corrected chi connectivity index (χ0v) is 20.0. The molecule has 1 N–H and O–H groups in total. The van der Waals surface area contributed by atoms with Gasteiger partial charge < -0.3 is 23.7 Å². The van der Waals surface area contributed by atoms with Gasteiger partial charge in [0.1, 0.15) is 11.3 Å². The second kappa shape index (κ2) is 10.1. The van der Waals surface area contributed by atoms with Crippen molar-refractivity contribution < 1.29 is 23.8 Å². The van der Waals surface area contributed by atoms with Gasteiger partial charge in [-0.3, -0.25) is 9.59 Å².